The van der Waals surface area contributed by atoms with E-state index in [9.17, 15) is 0 Å². The van der Waals surface area contributed by atoms with E-state index in [1.165, 1.54) is 0 Å². The summed E-state index contributed by atoms with van der Waals surface area (Å²) in [5.74, 6) is 2.56. The van der Waals surface area contributed by atoms with Crippen LogP contribution in [0.4, 0.5) is 11.6 Å². The number of para-hydroxylation sites is 1. The van der Waals surface area contributed by atoms with Gasteiger partial charge in [-0.3, -0.25) is 0 Å². The van der Waals surface area contributed by atoms with E-state index in [-0.39, 0.29) is 6.04 Å². The molecule has 0 radical (unpaired) electrons. The number of nitrogens with zero attached hydrogens (tertiary/aromatic N) is 2. The predicted octanol–water partition coefficient (Wildman–Crippen LogP) is 1.75. The van der Waals surface area contributed by atoms with Gasteiger partial charge in [0.15, 0.2) is 5.82 Å². The van der Waals surface area contributed by atoms with E-state index in [4.69, 9.17) is 15.2 Å². The number of rotatable bonds is 4. The lowest BCUT2D eigenvalue weighted by molar-refractivity contribution is 0.178. The van der Waals surface area contributed by atoms with Gasteiger partial charge in [-0.25, -0.2) is 9.97 Å². The molecule has 0 saturated carbocycles. The van der Waals surface area contributed by atoms with Gasteiger partial charge in [0, 0.05) is 18.7 Å². The Morgan fingerprint density at radius 3 is 3.10 bits per heavy atom. The van der Waals surface area contributed by atoms with Crippen molar-refractivity contribution in [3.63, 3.8) is 0 Å². The summed E-state index contributed by atoms with van der Waals surface area (Å²) in [5.41, 5.74) is 6.90. The van der Waals surface area contributed by atoms with Gasteiger partial charge in [-0.1, -0.05) is 18.2 Å². The maximum Gasteiger partial charge on any atom is 0.158 e. The average molecular weight is 272 g/mol. The number of benzene rings is 1. The van der Waals surface area contributed by atoms with Crippen LogP contribution in [0.15, 0.2) is 30.3 Å². The van der Waals surface area contributed by atoms with Crippen molar-refractivity contribution < 1.29 is 9.47 Å². The van der Waals surface area contributed by atoms with Gasteiger partial charge in [0.2, 0.25) is 0 Å². The molecule has 20 heavy (non-hydrogen) atoms. The van der Waals surface area contributed by atoms with Gasteiger partial charge >= 0.3 is 0 Å². The molecule has 1 aromatic carbocycles. The lowest BCUT2D eigenvalue weighted by atomic mass is 10.1. The number of nitrogen functional groups attached to an aromatic ring is 1. The fourth-order valence-corrected chi connectivity index (χ4v) is 2.25. The number of nitrogens with one attached hydrogen (secondary N) is 1. The van der Waals surface area contributed by atoms with E-state index in [1.807, 2.05) is 24.3 Å². The van der Waals surface area contributed by atoms with Gasteiger partial charge in [-0.15, -0.1) is 0 Å². The number of ether oxygens (including phenoxy) is 2. The topological polar surface area (TPSA) is 82.3 Å². The van der Waals surface area contributed by atoms with Crippen LogP contribution >= 0.6 is 0 Å². The standard InChI is InChI=1S/C14H16N4O2/c1-19-8-14-17-12(15)6-13(18-14)16-10-7-20-11-5-3-2-4-9(10)11/h2-6,10H,7-8H2,1H3,(H3,15,16,17,18). The van der Waals surface area contributed by atoms with E-state index in [0.717, 1.165) is 11.3 Å². The minimum Gasteiger partial charge on any atom is -0.491 e. The zero-order chi connectivity index (χ0) is 13.9. The van der Waals surface area contributed by atoms with Gasteiger partial charge in [0.1, 0.15) is 30.6 Å². The van der Waals surface area contributed by atoms with Crippen molar-refractivity contribution in [2.75, 3.05) is 24.8 Å². The molecule has 1 aromatic heterocycles. The summed E-state index contributed by atoms with van der Waals surface area (Å²) in [6.45, 7) is 0.903. The van der Waals surface area contributed by atoms with Crippen LogP contribution in [0.2, 0.25) is 0 Å². The fraction of sp³-hybridized carbons (Fsp3) is 0.286. The summed E-state index contributed by atoms with van der Waals surface area (Å²) in [7, 11) is 1.60. The maximum absolute atomic E-state index is 5.78. The van der Waals surface area contributed by atoms with Gasteiger partial charge in [-0.2, -0.15) is 0 Å². The molecular weight excluding hydrogens is 256 g/mol. The summed E-state index contributed by atoms with van der Waals surface area (Å²) in [6.07, 6.45) is 0. The van der Waals surface area contributed by atoms with Crippen molar-refractivity contribution >= 4 is 11.6 Å². The van der Waals surface area contributed by atoms with E-state index in [2.05, 4.69) is 15.3 Å². The van der Waals surface area contributed by atoms with E-state index < -0.39 is 0 Å². The molecule has 0 aliphatic carbocycles. The van der Waals surface area contributed by atoms with Crippen LogP contribution in [0.25, 0.3) is 0 Å². The van der Waals surface area contributed by atoms with Crippen LogP contribution in [-0.2, 0) is 11.3 Å². The van der Waals surface area contributed by atoms with Crippen molar-refractivity contribution in [3.8, 4) is 5.75 Å². The average Bonchev–Trinajstić information content (AvgIpc) is 2.82. The Bertz CT molecular complexity index is 618. The Morgan fingerprint density at radius 1 is 1.40 bits per heavy atom. The SMILES string of the molecule is COCc1nc(N)cc(NC2COc3ccccc32)n1. The third-order valence-electron chi connectivity index (χ3n) is 3.09. The molecule has 104 valence electrons. The first kappa shape index (κ1) is 12.7. The molecule has 0 spiro atoms. The largest absolute Gasteiger partial charge is 0.491 e. The number of aromatic nitrogens is 2. The number of hydrogen-bond donors (Lipinski definition) is 2. The van der Waals surface area contributed by atoms with Crippen molar-refractivity contribution in [2.45, 2.75) is 12.6 Å². The summed E-state index contributed by atoms with van der Waals surface area (Å²) in [5, 5.41) is 3.33. The first-order valence-corrected chi connectivity index (χ1v) is 6.37. The third kappa shape index (κ3) is 2.50. The molecule has 2 heterocycles. The molecule has 1 unspecified atom stereocenters. The van der Waals surface area contributed by atoms with Crippen LogP contribution in [0.1, 0.15) is 17.4 Å². The molecular formula is C14H16N4O2. The van der Waals surface area contributed by atoms with Crippen LogP contribution in [0.3, 0.4) is 0 Å². The van der Waals surface area contributed by atoms with Crippen LogP contribution < -0.4 is 15.8 Å². The van der Waals surface area contributed by atoms with Gasteiger partial charge in [-0.05, 0) is 6.07 Å². The molecule has 0 saturated heterocycles. The molecule has 3 N–H and O–H groups in total. The van der Waals surface area contributed by atoms with E-state index >= 15 is 0 Å². The monoisotopic (exact) mass is 272 g/mol. The smallest absolute Gasteiger partial charge is 0.158 e. The molecule has 1 aliphatic heterocycles. The molecule has 1 aliphatic rings. The molecule has 2 aromatic rings. The van der Waals surface area contributed by atoms with E-state index in [0.29, 0.717) is 30.7 Å². The second-order valence-corrected chi connectivity index (χ2v) is 4.57. The molecule has 0 bridgehead atoms. The number of methoxy groups -OCH3 is 1. The Kier molecular flexibility index (Phi) is 3.39. The van der Waals surface area contributed by atoms with Crippen molar-refractivity contribution in [3.05, 3.63) is 41.7 Å². The lowest BCUT2D eigenvalue weighted by Crippen LogP contribution is -2.14. The van der Waals surface area contributed by atoms with Gasteiger partial charge < -0.3 is 20.5 Å². The van der Waals surface area contributed by atoms with Crippen molar-refractivity contribution in [1.82, 2.24) is 9.97 Å². The van der Waals surface area contributed by atoms with Crippen LogP contribution in [0, 0.1) is 0 Å². The summed E-state index contributed by atoms with van der Waals surface area (Å²) >= 11 is 0. The molecule has 6 heteroatoms. The number of nitrogens with two attached hydrogens (primary N) is 1. The highest BCUT2D eigenvalue weighted by molar-refractivity contribution is 5.49. The summed E-state index contributed by atoms with van der Waals surface area (Å²) in [4.78, 5) is 8.49. The molecule has 1 atom stereocenters. The first-order chi connectivity index (χ1) is 9.76. The molecule has 0 amide bonds. The van der Waals surface area contributed by atoms with Crippen molar-refractivity contribution in [2.24, 2.45) is 0 Å². The minimum absolute atomic E-state index is 0.0656. The molecule has 6 nitrogen and oxygen atoms in total. The highest BCUT2D eigenvalue weighted by Gasteiger charge is 2.23. The first-order valence-electron chi connectivity index (χ1n) is 6.37. The Hall–Kier alpha value is -2.34. The Balaban J connectivity index is 1.82. The second-order valence-electron chi connectivity index (χ2n) is 4.57. The van der Waals surface area contributed by atoms with Crippen LogP contribution in [-0.4, -0.2) is 23.7 Å². The number of fused-ring (bicyclic) bond motifs is 1. The Morgan fingerprint density at radius 2 is 2.25 bits per heavy atom. The molecule has 0 fully saturated rings. The van der Waals surface area contributed by atoms with Crippen molar-refractivity contribution in [1.29, 1.82) is 0 Å². The molecule has 3 rings (SSSR count). The van der Waals surface area contributed by atoms with E-state index in [1.54, 1.807) is 13.2 Å². The quantitative estimate of drug-likeness (QED) is 0.882. The zero-order valence-corrected chi connectivity index (χ0v) is 11.2. The summed E-state index contributed by atoms with van der Waals surface area (Å²) < 4.78 is 10.7. The number of hydrogen-bond acceptors (Lipinski definition) is 6. The Labute approximate surface area is 116 Å². The highest BCUT2D eigenvalue weighted by atomic mass is 16.5. The lowest BCUT2D eigenvalue weighted by Gasteiger charge is -2.13. The number of anilines is 2. The third-order valence-corrected chi connectivity index (χ3v) is 3.09. The highest BCUT2D eigenvalue weighted by Crippen LogP contribution is 2.33. The normalized spacial score (nSPS) is 16.6. The fourth-order valence-electron chi connectivity index (χ4n) is 2.25. The predicted molar refractivity (Wildman–Crippen MR) is 75.5 cm³/mol. The zero-order valence-electron chi connectivity index (χ0n) is 11.2. The second kappa shape index (κ2) is 5.34. The van der Waals surface area contributed by atoms with Gasteiger partial charge in [0.25, 0.3) is 0 Å². The maximum atomic E-state index is 5.78. The minimum atomic E-state index is 0.0656. The summed E-state index contributed by atoms with van der Waals surface area (Å²) in [6, 6.07) is 9.73. The van der Waals surface area contributed by atoms with Crippen LogP contribution in [0.5, 0.6) is 5.75 Å². The van der Waals surface area contributed by atoms with Gasteiger partial charge in [0.05, 0.1) is 6.04 Å².